The average molecular weight is 258 g/mol. The predicted octanol–water partition coefficient (Wildman–Crippen LogP) is 2.30. The summed E-state index contributed by atoms with van der Waals surface area (Å²) < 4.78 is 0. The van der Waals surface area contributed by atoms with Gasteiger partial charge < -0.3 is 10.7 Å². The van der Waals surface area contributed by atoms with E-state index in [9.17, 15) is 4.79 Å². The van der Waals surface area contributed by atoms with Crippen molar-refractivity contribution in [1.82, 2.24) is 4.98 Å². The second-order valence-corrected chi connectivity index (χ2v) is 7.13. The van der Waals surface area contributed by atoms with Crippen molar-refractivity contribution in [2.45, 2.75) is 50.5 Å². The van der Waals surface area contributed by atoms with Crippen LogP contribution in [0, 0.1) is 17.8 Å². The van der Waals surface area contributed by atoms with E-state index in [-0.39, 0.29) is 11.0 Å². The molecule has 0 aliphatic heterocycles. The van der Waals surface area contributed by atoms with Gasteiger partial charge in [0, 0.05) is 23.2 Å². The molecular formula is C16H22N2O. The lowest BCUT2D eigenvalue weighted by Gasteiger charge is -2.56. The van der Waals surface area contributed by atoms with Gasteiger partial charge in [0.15, 0.2) is 0 Å². The third kappa shape index (κ3) is 1.71. The Hall–Kier alpha value is -1.09. The molecule has 1 aromatic rings. The van der Waals surface area contributed by atoms with E-state index >= 15 is 0 Å². The standard InChI is InChI=1S/C16H22N2O/c17-9-13-1-2-14(18-15(13)19)16-6-10-3-11(7-16)5-12(4-10)8-16/h1-2,10-12H,3-9,17H2,(H,18,19). The minimum atomic E-state index is 0.0238. The van der Waals surface area contributed by atoms with E-state index in [0.29, 0.717) is 12.1 Å². The minimum Gasteiger partial charge on any atom is -0.326 e. The quantitative estimate of drug-likeness (QED) is 0.855. The fraction of sp³-hybridized carbons (Fsp3) is 0.688. The zero-order valence-corrected chi connectivity index (χ0v) is 11.3. The van der Waals surface area contributed by atoms with E-state index in [1.165, 1.54) is 44.2 Å². The van der Waals surface area contributed by atoms with E-state index in [1.807, 2.05) is 6.07 Å². The number of rotatable bonds is 2. The van der Waals surface area contributed by atoms with Crippen molar-refractivity contribution >= 4 is 0 Å². The summed E-state index contributed by atoms with van der Waals surface area (Å²) in [4.78, 5) is 15.2. The van der Waals surface area contributed by atoms with Gasteiger partial charge in [0.2, 0.25) is 0 Å². The number of nitrogens with two attached hydrogens (primary N) is 1. The fourth-order valence-corrected chi connectivity index (χ4v) is 5.41. The molecule has 0 atom stereocenters. The topological polar surface area (TPSA) is 58.9 Å². The first kappa shape index (κ1) is 11.7. The molecule has 0 unspecified atom stereocenters. The first-order valence-corrected chi connectivity index (χ1v) is 7.61. The molecule has 4 aliphatic rings. The van der Waals surface area contributed by atoms with Crippen LogP contribution in [0.25, 0.3) is 0 Å². The first-order chi connectivity index (χ1) is 9.18. The number of pyridine rings is 1. The molecule has 3 nitrogen and oxygen atoms in total. The van der Waals surface area contributed by atoms with Gasteiger partial charge in [-0.1, -0.05) is 6.07 Å². The second-order valence-electron chi connectivity index (χ2n) is 7.13. The van der Waals surface area contributed by atoms with Crippen LogP contribution < -0.4 is 11.3 Å². The Balaban J connectivity index is 1.75. The molecule has 0 saturated heterocycles. The van der Waals surface area contributed by atoms with E-state index < -0.39 is 0 Å². The van der Waals surface area contributed by atoms with Crippen LogP contribution in [0.1, 0.15) is 49.8 Å². The molecule has 3 N–H and O–H groups in total. The number of H-pyrrole nitrogens is 1. The number of nitrogens with one attached hydrogen (secondary N) is 1. The Labute approximate surface area is 113 Å². The molecule has 1 heterocycles. The molecular weight excluding hydrogens is 236 g/mol. The molecule has 4 bridgehead atoms. The van der Waals surface area contributed by atoms with Crippen LogP contribution in [0.5, 0.6) is 0 Å². The SMILES string of the molecule is NCc1ccc(C23CC4CC(CC(C4)C2)C3)[nH]c1=O. The van der Waals surface area contributed by atoms with Gasteiger partial charge in [-0.25, -0.2) is 0 Å². The van der Waals surface area contributed by atoms with Crippen LogP contribution in [0.3, 0.4) is 0 Å². The Morgan fingerprint density at radius 3 is 2.16 bits per heavy atom. The number of hydrogen-bond acceptors (Lipinski definition) is 2. The van der Waals surface area contributed by atoms with Crippen LogP contribution in [0.15, 0.2) is 16.9 Å². The molecule has 0 amide bonds. The van der Waals surface area contributed by atoms with Crippen molar-refractivity contribution in [2.24, 2.45) is 23.5 Å². The van der Waals surface area contributed by atoms with E-state index in [2.05, 4.69) is 11.1 Å². The summed E-state index contributed by atoms with van der Waals surface area (Å²) in [7, 11) is 0. The maximum Gasteiger partial charge on any atom is 0.252 e. The zero-order chi connectivity index (χ0) is 13.0. The zero-order valence-electron chi connectivity index (χ0n) is 11.3. The molecule has 102 valence electrons. The molecule has 1 aromatic heterocycles. The van der Waals surface area contributed by atoms with Gasteiger partial charge in [-0.05, 0) is 62.3 Å². The number of aromatic nitrogens is 1. The number of aromatic amines is 1. The highest BCUT2D eigenvalue weighted by Crippen LogP contribution is 2.60. The Kier molecular flexibility index (Phi) is 2.44. The molecule has 3 heteroatoms. The van der Waals surface area contributed by atoms with Gasteiger partial charge in [0.05, 0.1) is 0 Å². The normalized spacial score (nSPS) is 39.7. The van der Waals surface area contributed by atoms with Crippen LogP contribution in [-0.4, -0.2) is 4.98 Å². The third-order valence-corrected chi connectivity index (χ3v) is 5.82. The summed E-state index contributed by atoms with van der Waals surface area (Å²) in [6.45, 7) is 0.330. The van der Waals surface area contributed by atoms with E-state index in [4.69, 9.17) is 5.73 Å². The van der Waals surface area contributed by atoms with Crippen LogP contribution in [0.4, 0.5) is 0 Å². The average Bonchev–Trinajstić information content (AvgIpc) is 2.37. The van der Waals surface area contributed by atoms with Crippen LogP contribution in [-0.2, 0) is 12.0 Å². The van der Waals surface area contributed by atoms with Crippen LogP contribution >= 0.6 is 0 Å². The smallest absolute Gasteiger partial charge is 0.252 e. The lowest BCUT2D eigenvalue weighted by atomic mass is 9.49. The molecule has 5 rings (SSSR count). The first-order valence-electron chi connectivity index (χ1n) is 7.61. The molecule has 4 fully saturated rings. The van der Waals surface area contributed by atoms with Gasteiger partial charge in [-0.15, -0.1) is 0 Å². The highest BCUT2D eigenvalue weighted by molar-refractivity contribution is 5.25. The third-order valence-electron chi connectivity index (χ3n) is 5.82. The lowest BCUT2D eigenvalue weighted by molar-refractivity contribution is -0.00730. The van der Waals surface area contributed by atoms with Crippen molar-refractivity contribution < 1.29 is 0 Å². The Bertz CT molecular complexity index is 525. The van der Waals surface area contributed by atoms with E-state index in [0.717, 1.165) is 17.8 Å². The summed E-state index contributed by atoms with van der Waals surface area (Å²) in [5.74, 6) is 2.72. The summed E-state index contributed by atoms with van der Waals surface area (Å²) in [6.07, 6.45) is 8.17. The van der Waals surface area contributed by atoms with Gasteiger partial charge >= 0.3 is 0 Å². The molecule has 0 radical (unpaired) electrons. The van der Waals surface area contributed by atoms with Gasteiger partial charge in [-0.3, -0.25) is 4.79 Å². The fourth-order valence-electron chi connectivity index (χ4n) is 5.41. The highest BCUT2D eigenvalue weighted by Gasteiger charge is 2.52. The Morgan fingerprint density at radius 2 is 1.68 bits per heavy atom. The van der Waals surface area contributed by atoms with Gasteiger partial charge in [0.25, 0.3) is 5.56 Å². The lowest BCUT2D eigenvalue weighted by Crippen LogP contribution is -2.49. The van der Waals surface area contributed by atoms with Gasteiger partial charge in [0.1, 0.15) is 0 Å². The number of hydrogen-bond donors (Lipinski definition) is 2. The van der Waals surface area contributed by atoms with Crippen molar-refractivity contribution in [3.63, 3.8) is 0 Å². The van der Waals surface area contributed by atoms with Crippen molar-refractivity contribution in [3.8, 4) is 0 Å². The maximum absolute atomic E-state index is 12.0. The Morgan fingerprint density at radius 1 is 1.11 bits per heavy atom. The van der Waals surface area contributed by atoms with Crippen molar-refractivity contribution in [1.29, 1.82) is 0 Å². The monoisotopic (exact) mass is 258 g/mol. The van der Waals surface area contributed by atoms with Crippen LogP contribution in [0.2, 0.25) is 0 Å². The molecule has 4 aliphatic carbocycles. The summed E-state index contributed by atoms with van der Waals surface area (Å²) in [6, 6.07) is 4.07. The summed E-state index contributed by atoms with van der Waals surface area (Å²) >= 11 is 0. The molecule has 0 spiro atoms. The van der Waals surface area contributed by atoms with Crippen molar-refractivity contribution in [3.05, 3.63) is 33.7 Å². The molecule has 0 aromatic carbocycles. The van der Waals surface area contributed by atoms with Gasteiger partial charge in [-0.2, -0.15) is 0 Å². The molecule has 4 saturated carbocycles. The largest absolute Gasteiger partial charge is 0.326 e. The summed E-state index contributed by atoms with van der Waals surface area (Å²) in [5, 5.41) is 0. The van der Waals surface area contributed by atoms with E-state index in [1.54, 1.807) is 0 Å². The molecule has 19 heavy (non-hydrogen) atoms. The second kappa shape index (κ2) is 3.95. The predicted molar refractivity (Wildman–Crippen MR) is 74.8 cm³/mol. The van der Waals surface area contributed by atoms with Crippen molar-refractivity contribution in [2.75, 3.05) is 0 Å². The minimum absolute atomic E-state index is 0.0238. The highest BCUT2D eigenvalue weighted by atomic mass is 16.1. The summed E-state index contributed by atoms with van der Waals surface area (Å²) in [5.41, 5.74) is 7.78. The maximum atomic E-state index is 12.0.